The topological polar surface area (TPSA) is 83.9 Å². The van der Waals surface area contributed by atoms with E-state index < -0.39 is 0 Å². The monoisotopic (exact) mass is 434 g/mol. The highest BCUT2D eigenvalue weighted by atomic mass is 35.5. The number of carbonyl (C=O) groups excluding carboxylic acids is 1. The van der Waals surface area contributed by atoms with Gasteiger partial charge in [-0.15, -0.1) is 0 Å². The normalized spacial score (nSPS) is 16.8. The number of aryl methyl sites for hydroxylation is 2. The molecule has 1 N–H and O–H groups in total. The molecule has 4 heterocycles. The molecule has 2 aliphatic rings. The lowest BCUT2D eigenvalue weighted by molar-refractivity contribution is 0.0978. The largest absolute Gasteiger partial charge is 0.349 e. The summed E-state index contributed by atoms with van der Waals surface area (Å²) in [6, 6.07) is 3.90. The van der Waals surface area contributed by atoms with Gasteiger partial charge in [-0.25, -0.2) is 15.0 Å². The molecule has 1 fully saturated rings. The summed E-state index contributed by atoms with van der Waals surface area (Å²) in [5.74, 6) is 0.983. The summed E-state index contributed by atoms with van der Waals surface area (Å²) in [6.45, 7) is 6.64. The Morgan fingerprint density at radius 2 is 1.87 bits per heavy atom. The van der Waals surface area contributed by atoms with Gasteiger partial charge < -0.3 is 5.32 Å². The maximum atomic E-state index is 13.2. The number of pyridine rings is 2. The Morgan fingerprint density at radius 3 is 2.61 bits per heavy atom. The summed E-state index contributed by atoms with van der Waals surface area (Å²) >= 11 is 6.44. The molecule has 0 unspecified atom stereocenters. The summed E-state index contributed by atoms with van der Waals surface area (Å²) in [4.78, 5) is 32.8. The van der Waals surface area contributed by atoms with Gasteiger partial charge in [0.05, 0.1) is 22.0 Å². The average Bonchev–Trinajstić information content (AvgIpc) is 3.46. The second-order valence-electron chi connectivity index (χ2n) is 8.65. The number of fused-ring (bicyclic) bond motifs is 1. The maximum absolute atomic E-state index is 13.2. The van der Waals surface area contributed by atoms with E-state index in [4.69, 9.17) is 11.6 Å². The van der Waals surface area contributed by atoms with Crippen molar-refractivity contribution in [1.82, 2.24) is 19.9 Å². The van der Waals surface area contributed by atoms with Gasteiger partial charge in [0.1, 0.15) is 5.82 Å². The molecule has 1 amide bonds. The molecule has 3 aromatic heterocycles. The number of nitrogens with one attached hydrogen (secondary N) is 1. The first kappa shape index (κ1) is 19.9. The lowest BCUT2D eigenvalue weighted by Crippen LogP contribution is -2.39. The van der Waals surface area contributed by atoms with Crippen molar-refractivity contribution in [3.8, 4) is 11.3 Å². The van der Waals surface area contributed by atoms with Crippen LogP contribution < -0.4 is 10.2 Å². The maximum Gasteiger partial charge on any atom is 0.262 e. The fraction of sp³-hybridized carbons (Fsp3) is 0.348. The second-order valence-corrected chi connectivity index (χ2v) is 9.05. The fourth-order valence-electron chi connectivity index (χ4n) is 3.87. The smallest absolute Gasteiger partial charge is 0.262 e. The Bertz CT molecular complexity index is 1210. The van der Waals surface area contributed by atoms with Crippen molar-refractivity contribution >= 4 is 29.3 Å². The highest BCUT2D eigenvalue weighted by molar-refractivity contribution is 6.33. The Hall–Kier alpha value is -3.06. The molecule has 0 bridgehead atoms. The highest BCUT2D eigenvalue weighted by Crippen LogP contribution is 2.37. The zero-order valence-electron chi connectivity index (χ0n) is 17.7. The number of anilines is 2. The van der Waals surface area contributed by atoms with E-state index in [-0.39, 0.29) is 11.4 Å². The molecule has 158 valence electrons. The number of hydrogen-bond acceptors (Lipinski definition) is 6. The highest BCUT2D eigenvalue weighted by Gasteiger charge is 2.38. The van der Waals surface area contributed by atoms with Gasteiger partial charge in [-0.05, 0) is 50.8 Å². The first-order chi connectivity index (χ1) is 14.8. The van der Waals surface area contributed by atoms with Crippen LogP contribution in [0.5, 0.6) is 0 Å². The van der Waals surface area contributed by atoms with Crippen LogP contribution >= 0.6 is 11.6 Å². The number of hydrogen-bond donors (Lipinski definition) is 1. The standard InChI is InChI=1S/C23H23ClN6O/c1-13-8-14(2)20(26-10-13)15-9-19(25-12-17(15)24)30-7-4-18-16(21(30)31)11-27-22(28-18)29-23(3)5-6-23/h8-12H,4-7H2,1-3H3,(H,27,28,29). The molecule has 1 saturated carbocycles. The molecule has 0 saturated heterocycles. The van der Waals surface area contributed by atoms with Crippen molar-refractivity contribution in [2.24, 2.45) is 0 Å². The molecule has 31 heavy (non-hydrogen) atoms. The van der Waals surface area contributed by atoms with E-state index in [1.165, 1.54) is 0 Å². The van der Waals surface area contributed by atoms with E-state index in [0.717, 1.165) is 40.9 Å². The number of carbonyl (C=O) groups is 1. The van der Waals surface area contributed by atoms with E-state index in [0.29, 0.717) is 35.3 Å². The number of halogens is 1. The molecule has 0 spiro atoms. The van der Waals surface area contributed by atoms with Gasteiger partial charge in [0, 0.05) is 42.7 Å². The van der Waals surface area contributed by atoms with Gasteiger partial charge in [-0.3, -0.25) is 14.7 Å². The SMILES string of the molecule is Cc1cnc(-c2cc(N3CCc4nc(NC5(C)CC5)ncc4C3=O)ncc2Cl)c(C)c1. The van der Waals surface area contributed by atoms with Gasteiger partial charge in [0.25, 0.3) is 5.91 Å². The summed E-state index contributed by atoms with van der Waals surface area (Å²) in [7, 11) is 0. The first-order valence-electron chi connectivity index (χ1n) is 10.4. The average molecular weight is 435 g/mol. The van der Waals surface area contributed by atoms with Crippen molar-refractivity contribution in [3.05, 3.63) is 58.1 Å². The van der Waals surface area contributed by atoms with Crippen molar-refractivity contribution in [3.63, 3.8) is 0 Å². The third-order valence-corrected chi connectivity index (χ3v) is 6.22. The number of aromatic nitrogens is 4. The Morgan fingerprint density at radius 1 is 1.06 bits per heavy atom. The van der Waals surface area contributed by atoms with E-state index in [2.05, 4.69) is 38.2 Å². The van der Waals surface area contributed by atoms with Crippen molar-refractivity contribution in [2.45, 2.75) is 45.6 Å². The Balaban J connectivity index is 1.46. The molecule has 1 aliphatic carbocycles. The summed E-state index contributed by atoms with van der Waals surface area (Å²) in [6.07, 6.45) is 7.87. The van der Waals surface area contributed by atoms with Crippen molar-refractivity contribution < 1.29 is 4.79 Å². The number of amides is 1. The van der Waals surface area contributed by atoms with Crippen LogP contribution in [0.15, 0.2) is 30.7 Å². The molecule has 8 heteroatoms. The quantitative estimate of drug-likeness (QED) is 0.656. The van der Waals surface area contributed by atoms with Crippen LogP contribution in [-0.2, 0) is 6.42 Å². The first-order valence-corrected chi connectivity index (χ1v) is 10.8. The number of rotatable bonds is 4. The minimum absolute atomic E-state index is 0.0880. The summed E-state index contributed by atoms with van der Waals surface area (Å²) in [5.41, 5.74) is 5.03. The zero-order chi connectivity index (χ0) is 21.8. The predicted octanol–water partition coefficient (Wildman–Crippen LogP) is 4.37. The van der Waals surface area contributed by atoms with Crippen LogP contribution in [0.3, 0.4) is 0 Å². The molecule has 5 rings (SSSR count). The van der Waals surface area contributed by atoms with E-state index in [9.17, 15) is 4.79 Å². The molecule has 1 aliphatic heterocycles. The lowest BCUT2D eigenvalue weighted by atomic mass is 10.0. The van der Waals surface area contributed by atoms with Gasteiger partial charge >= 0.3 is 0 Å². The third-order valence-electron chi connectivity index (χ3n) is 5.92. The third kappa shape index (κ3) is 3.74. The minimum atomic E-state index is -0.153. The van der Waals surface area contributed by atoms with E-state index in [1.54, 1.807) is 17.3 Å². The van der Waals surface area contributed by atoms with Crippen LogP contribution in [-0.4, -0.2) is 37.9 Å². The zero-order valence-corrected chi connectivity index (χ0v) is 18.5. The fourth-order valence-corrected chi connectivity index (χ4v) is 4.06. The number of nitrogens with zero attached hydrogens (tertiary/aromatic N) is 5. The second kappa shape index (κ2) is 7.27. The molecule has 0 radical (unpaired) electrons. The van der Waals surface area contributed by atoms with E-state index >= 15 is 0 Å². The predicted molar refractivity (Wildman–Crippen MR) is 121 cm³/mol. The van der Waals surface area contributed by atoms with Crippen LogP contribution in [0, 0.1) is 13.8 Å². The van der Waals surface area contributed by atoms with Crippen LogP contribution in [0.1, 0.15) is 46.9 Å². The molecule has 0 aromatic carbocycles. The van der Waals surface area contributed by atoms with Gasteiger partial charge in [0.15, 0.2) is 0 Å². The molecule has 7 nitrogen and oxygen atoms in total. The van der Waals surface area contributed by atoms with Crippen LogP contribution in [0.25, 0.3) is 11.3 Å². The van der Waals surface area contributed by atoms with Gasteiger partial charge in [-0.1, -0.05) is 17.7 Å². The summed E-state index contributed by atoms with van der Waals surface area (Å²) in [5, 5.41) is 3.86. The van der Waals surface area contributed by atoms with Crippen LogP contribution in [0.2, 0.25) is 5.02 Å². The van der Waals surface area contributed by atoms with Crippen molar-refractivity contribution in [1.29, 1.82) is 0 Å². The van der Waals surface area contributed by atoms with Gasteiger partial charge in [0.2, 0.25) is 5.95 Å². The Kier molecular flexibility index (Phi) is 4.66. The molecular weight excluding hydrogens is 412 g/mol. The Labute approximate surface area is 185 Å². The van der Waals surface area contributed by atoms with Gasteiger partial charge in [-0.2, -0.15) is 0 Å². The van der Waals surface area contributed by atoms with Crippen LogP contribution in [0.4, 0.5) is 11.8 Å². The van der Waals surface area contributed by atoms with E-state index in [1.807, 2.05) is 26.1 Å². The molecular formula is C23H23ClN6O. The molecule has 0 atom stereocenters. The minimum Gasteiger partial charge on any atom is -0.349 e. The van der Waals surface area contributed by atoms with Crippen molar-refractivity contribution in [2.75, 3.05) is 16.8 Å². The summed E-state index contributed by atoms with van der Waals surface area (Å²) < 4.78 is 0. The lowest BCUT2D eigenvalue weighted by Gasteiger charge is -2.27. The molecule has 3 aromatic rings.